The topological polar surface area (TPSA) is 18.5 Å². The molecule has 0 aromatic carbocycles. The zero-order valence-electron chi connectivity index (χ0n) is 13.0. The molecule has 2 rings (SSSR count). The third kappa shape index (κ3) is 4.87. The molecule has 0 aliphatic carbocycles. The van der Waals surface area contributed by atoms with E-state index in [0.717, 1.165) is 0 Å². The first-order valence-electron chi connectivity index (χ1n) is 7.87. The second-order valence-corrected chi connectivity index (χ2v) is 5.81. The first-order valence-corrected chi connectivity index (χ1v) is 7.87. The molecule has 108 valence electrons. The average molecular weight is 255 g/mol. The summed E-state index contributed by atoms with van der Waals surface area (Å²) in [6, 6.07) is 0. The lowest BCUT2D eigenvalue weighted by Crippen LogP contribution is -2.55. The van der Waals surface area contributed by atoms with E-state index in [-0.39, 0.29) is 0 Å². The van der Waals surface area contributed by atoms with Crippen LogP contribution in [0.1, 0.15) is 40.5 Å². The molecule has 3 heteroatoms. The van der Waals surface area contributed by atoms with Crippen LogP contribution in [-0.4, -0.2) is 62.2 Å². The largest absolute Gasteiger partial charge is 0.315 e. The molecule has 3 nitrogen and oxygen atoms in total. The maximum Gasteiger partial charge on any atom is 0.0107 e. The van der Waals surface area contributed by atoms with Crippen molar-refractivity contribution in [2.75, 3.05) is 52.4 Å². The normalized spacial score (nSPS) is 24.7. The molecule has 0 atom stereocenters. The highest BCUT2D eigenvalue weighted by atomic mass is 15.2. The Kier molecular flexibility index (Phi) is 7.20. The van der Waals surface area contributed by atoms with Crippen LogP contribution in [0.15, 0.2) is 0 Å². The van der Waals surface area contributed by atoms with Crippen molar-refractivity contribution in [2.24, 2.45) is 5.41 Å². The Labute approximate surface area is 114 Å². The highest BCUT2D eigenvalue weighted by Gasteiger charge is 2.37. The zero-order valence-corrected chi connectivity index (χ0v) is 13.0. The van der Waals surface area contributed by atoms with Gasteiger partial charge in [-0.05, 0) is 44.4 Å². The van der Waals surface area contributed by atoms with Crippen LogP contribution in [0.5, 0.6) is 0 Å². The molecule has 2 heterocycles. The quantitative estimate of drug-likeness (QED) is 0.829. The molecule has 18 heavy (non-hydrogen) atoms. The highest BCUT2D eigenvalue weighted by Crippen LogP contribution is 2.33. The Morgan fingerprint density at radius 2 is 1.78 bits per heavy atom. The van der Waals surface area contributed by atoms with Gasteiger partial charge in [0.25, 0.3) is 0 Å². The van der Waals surface area contributed by atoms with E-state index in [4.69, 9.17) is 0 Å². The molecule has 2 aliphatic heterocycles. The fourth-order valence-electron chi connectivity index (χ4n) is 2.97. The molecule has 1 N–H and O–H groups in total. The summed E-state index contributed by atoms with van der Waals surface area (Å²) in [6.45, 7) is 18.8. The third-order valence-corrected chi connectivity index (χ3v) is 4.12. The monoisotopic (exact) mass is 255 g/mol. The van der Waals surface area contributed by atoms with Crippen molar-refractivity contribution in [2.45, 2.75) is 40.5 Å². The Hall–Kier alpha value is -0.120. The van der Waals surface area contributed by atoms with Gasteiger partial charge in [0.2, 0.25) is 0 Å². The number of nitrogens with zero attached hydrogens (tertiary/aromatic N) is 2. The summed E-state index contributed by atoms with van der Waals surface area (Å²) in [4.78, 5) is 5.18. The van der Waals surface area contributed by atoms with E-state index in [2.05, 4.69) is 29.0 Å². The number of rotatable bonds is 4. The van der Waals surface area contributed by atoms with Crippen molar-refractivity contribution in [3.8, 4) is 0 Å². The van der Waals surface area contributed by atoms with Crippen LogP contribution in [0, 0.1) is 5.41 Å². The van der Waals surface area contributed by atoms with Gasteiger partial charge in [-0.15, -0.1) is 0 Å². The van der Waals surface area contributed by atoms with Crippen LogP contribution in [0.2, 0.25) is 0 Å². The Bertz CT molecular complexity index is 204. The van der Waals surface area contributed by atoms with Crippen LogP contribution >= 0.6 is 0 Å². The van der Waals surface area contributed by atoms with Crippen LogP contribution in [-0.2, 0) is 0 Å². The first-order chi connectivity index (χ1) is 8.72. The maximum atomic E-state index is 3.47. The van der Waals surface area contributed by atoms with Crippen molar-refractivity contribution in [3.63, 3.8) is 0 Å². The molecular weight excluding hydrogens is 222 g/mol. The van der Waals surface area contributed by atoms with Crippen LogP contribution in [0.3, 0.4) is 0 Å². The van der Waals surface area contributed by atoms with Gasteiger partial charge in [-0.3, -0.25) is 0 Å². The van der Waals surface area contributed by atoms with Gasteiger partial charge < -0.3 is 15.1 Å². The van der Waals surface area contributed by atoms with Gasteiger partial charge in [0.05, 0.1) is 0 Å². The number of hydrogen-bond donors (Lipinski definition) is 1. The molecule has 2 fully saturated rings. The average Bonchev–Trinajstić information content (AvgIpc) is 2.64. The van der Waals surface area contributed by atoms with Gasteiger partial charge in [0.15, 0.2) is 0 Å². The summed E-state index contributed by atoms with van der Waals surface area (Å²) in [5.74, 6) is 0. The highest BCUT2D eigenvalue weighted by molar-refractivity contribution is 4.91. The molecular formula is C15H33N3. The van der Waals surface area contributed by atoms with E-state index < -0.39 is 0 Å². The fourth-order valence-corrected chi connectivity index (χ4v) is 2.97. The standard InChI is InChI=1S/C13H27N3.C2H6/c1-3-15-11-13(2,12-15)5-9-16-8-4-6-14-7-10-16;1-2/h14H,3-12H2,1-2H3;1-2H3. The van der Waals surface area contributed by atoms with Gasteiger partial charge in [-0.1, -0.05) is 27.7 Å². The second-order valence-electron chi connectivity index (χ2n) is 5.81. The summed E-state index contributed by atoms with van der Waals surface area (Å²) in [5, 5.41) is 3.47. The van der Waals surface area contributed by atoms with Gasteiger partial charge >= 0.3 is 0 Å². The molecule has 0 amide bonds. The number of nitrogens with one attached hydrogen (secondary N) is 1. The Morgan fingerprint density at radius 1 is 1.06 bits per heavy atom. The molecule has 2 saturated heterocycles. The molecule has 0 bridgehead atoms. The molecule has 2 aliphatic rings. The van der Waals surface area contributed by atoms with Crippen LogP contribution in [0.25, 0.3) is 0 Å². The molecule has 0 aromatic heterocycles. The summed E-state index contributed by atoms with van der Waals surface area (Å²) in [6.07, 6.45) is 2.70. The lowest BCUT2D eigenvalue weighted by Gasteiger charge is -2.48. The van der Waals surface area contributed by atoms with E-state index in [1.54, 1.807) is 0 Å². The lowest BCUT2D eigenvalue weighted by atomic mass is 9.79. The van der Waals surface area contributed by atoms with Crippen molar-refractivity contribution >= 4 is 0 Å². The van der Waals surface area contributed by atoms with Crippen molar-refractivity contribution in [3.05, 3.63) is 0 Å². The maximum absolute atomic E-state index is 3.47. The minimum atomic E-state index is 0.607. The van der Waals surface area contributed by atoms with E-state index >= 15 is 0 Å². The van der Waals surface area contributed by atoms with Gasteiger partial charge in [0.1, 0.15) is 0 Å². The summed E-state index contributed by atoms with van der Waals surface area (Å²) >= 11 is 0. The molecule has 0 unspecified atom stereocenters. The molecule has 0 aromatic rings. The van der Waals surface area contributed by atoms with Gasteiger partial charge in [-0.2, -0.15) is 0 Å². The SMILES string of the molecule is CC.CCN1CC(C)(CCN2CCCNCC2)C1. The van der Waals surface area contributed by atoms with Crippen molar-refractivity contribution < 1.29 is 0 Å². The van der Waals surface area contributed by atoms with Gasteiger partial charge in [0, 0.05) is 26.2 Å². The molecule has 0 spiro atoms. The summed E-state index contributed by atoms with van der Waals surface area (Å²) in [7, 11) is 0. The third-order valence-electron chi connectivity index (χ3n) is 4.12. The van der Waals surface area contributed by atoms with Crippen molar-refractivity contribution in [1.29, 1.82) is 0 Å². The number of likely N-dealkylation sites (tertiary alicyclic amines) is 1. The van der Waals surface area contributed by atoms with E-state index in [1.165, 1.54) is 65.2 Å². The predicted octanol–water partition coefficient (Wildman–Crippen LogP) is 2.04. The smallest absolute Gasteiger partial charge is 0.0107 e. The number of hydrogen-bond acceptors (Lipinski definition) is 3. The van der Waals surface area contributed by atoms with E-state index in [0.29, 0.717) is 5.41 Å². The van der Waals surface area contributed by atoms with Crippen LogP contribution < -0.4 is 5.32 Å². The Balaban J connectivity index is 0.000000771. The van der Waals surface area contributed by atoms with Crippen LogP contribution in [0.4, 0.5) is 0 Å². The second kappa shape index (κ2) is 8.13. The Morgan fingerprint density at radius 3 is 2.44 bits per heavy atom. The summed E-state index contributed by atoms with van der Waals surface area (Å²) < 4.78 is 0. The lowest BCUT2D eigenvalue weighted by molar-refractivity contribution is 0.00625. The van der Waals surface area contributed by atoms with E-state index in [1.807, 2.05) is 13.8 Å². The minimum Gasteiger partial charge on any atom is -0.315 e. The van der Waals surface area contributed by atoms with E-state index in [9.17, 15) is 0 Å². The van der Waals surface area contributed by atoms with Crippen molar-refractivity contribution in [1.82, 2.24) is 15.1 Å². The molecule has 0 radical (unpaired) electrons. The van der Waals surface area contributed by atoms with Gasteiger partial charge in [-0.25, -0.2) is 0 Å². The zero-order chi connectivity index (χ0) is 13.4. The minimum absolute atomic E-state index is 0.607. The summed E-state index contributed by atoms with van der Waals surface area (Å²) in [5.41, 5.74) is 0.607. The fraction of sp³-hybridized carbons (Fsp3) is 1.00. The first kappa shape index (κ1) is 15.9. The predicted molar refractivity (Wildman–Crippen MR) is 80.1 cm³/mol. The molecule has 0 saturated carbocycles.